The third-order valence-corrected chi connectivity index (χ3v) is 2.41. The van der Waals surface area contributed by atoms with Gasteiger partial charge in [-0.05, 0) is 37.0 Å². The Morgan fingerprint density at radius 1 is 1.53 bits per heavy atom. The molecule has 0 fully saturated rings. The first-order valence-electron chi connectivity index (χ1n) is 5.20. The van der Waals surface area contributed by atoms with E-state index in [-0.39, 0.29) is 0 Å². The number of hydrogen-bond acceptors (Lipinski definition) is 1. The molecule has 0 saturated heterocycles. The van der Waals surface area contributed by atoms with Gasteiger partial charge in [-0.15, -0.1) is 6.58 Å². The lowest BCUT2D eigenvalue weighted by Gasteiger charge is -2.11. The number of aliphatic hydroxyl groups is 1. The van der Waals surface area contributed by atoms with Crippen LogP contribution >= 0.6 is 0 Å². The van der Waals surface area contributed by atoms with Crippen molar-refractivity contribution >= 4 is 5.57 Å². The minimum absolute atomic E-state index is 0.401. The monoisotopic (exact) mass is 202 g/mol. The summed E-state index contributed by atoms with van der Waals surface area (Å²) in [5.74, 6) is 0. The molecule has 0 bridgehead atoms. The van der Waals surface area contributed by atoms with Gasteiger partial charge in [-0.3, -0.25) is 0 Å². The Labute approximate surface area is 91.8 Å². The average Bonchev–Trinajstić information content (AvgIpc) is 2.26. The van der Waals surface area contributed by atoms with E-state index < -0.39 is 6.10 Å². The summed E-state index contributed by atoms with van der Waals surface area (Å²) in [4.78, 5) is 0. The number of hydrogen-bond donors (Lipinski definition) is 1. The van der Waals surface area contributed by atoms with Crippen LogP contribution in [0.25, 0.3) is 5.57 Å². The van der Waals surface area contributed by atoms with Crippen molar-refractivity contribution in [1.82, 2.24) is 0 Å². The van der Waals surface area contributed by atoms with Gasteiger partial charge in [-0.2, -0.15) is 0 Å². The van der Waals surface area contributed by atoms with Crippen LogP contribution < -0.4 is 0 Å². The van der Waals surface area contributed by atoms with Crippen LogP contribution in [0.1, 0.15) is 37.0 Å². The zero-order valence-corrected chi connectivity index (χ0v) is 9.24. The number of aliphatic hydroxyl groups excluding tert-OH is 1. The smallest absolute Gasteiger partial charge is 0.0793 e. The highest BCUT2D eigenvalue weighted by molar-refractivity contribution is 5.61. The van der Waals surface area contributed by atoms with Gasteiger partial charge in [0, 0.05) is 0 Å². The molecule has 1 atom stereocenters. The van der Waals surface area contributed by atoms with E-state index in [1.54, 1.807) is 0 Å². The van der Waals surface area contributed by atoms with Crippen LogP contribution in [0.2, 0.25) is 0 Å². The summed E-state index contributed by atoms with van der Waals surface area (Å²) >= 11 is 0. The van der Waals surface area contributed by atoms with Crippen molar-refractivity contribution in [3.63, 3.8) is 0 Å². The SMILES string of the molecule is C=CCCC(O)c1cccc(C(=C)C)c1. The van der Waals surface area contributed by atoms with E-state index in [0.717, 1.165) is 29.5 Å². The van der Waals surface area contributed by atoms with Gasteiger partial charge in [-0.25, -0.2) is 0 Å². The quantitative estimate of drug-likeness (QED) is 0.721. The van der Waals surface area contributed by atoms with Crippen molar-refractivity contribution in [3.05, 3.63) is 54.6 Å². The molecule has 0 aliphatic heterocycles. The molecule has 0 aliphatic rings. The summed E-state index contributed by atoms with van der Waals surface area (Å²) in [5, 5.41) is 9.88. The van der Waals surface area contributed by atoms with Crippen LogP contribution in [0, 0.1) is 0 Å². The summed E-state index contributed by atoms with van der Waals surface area (Å²) in [5.41, 5.74) is 3.07. The second kappa shape index (κ2) is 5.52. The molecule has 1 aromatic carbocycles. The lowest BCUT2D eigenvalue weighted by molar-refractivity contribution is 0.169. The molecule has 1 unspecified atom stereocenters. The second-order valence-corrected chi connectivity index (χ2v) is 3.79. The largest absolute Gasteiger partial charge is 0.388 e. The lowest BCUT2D eigenvalue weighted by atomic mass is 10.00. The molecule has 0 heterocycles. The molecule has 0 saturated carbocycles. The summed E-state index contributed by atoms with van der Waals surface area (Å²) in [6.07, 6.45) is 2.98. The maximum atomic E-state index is 9.88. The lowest BCUT2D eigenvalue weighted by Crippen LogP contribution is -1.97. The molecule has 0 radical (unpaired) electrons. The summed E-state index contributed by atoms with van der Waals surface area (Å²) in [6.45, 7) is 9.50. The zero-order valence-electron chi connectivity index (χ0n) is 9.24. The molecule has 0 amide bonds. The highest BCUT2D eigenvalue weighted by Gasteiger charge is 2.06. The topological polar surface area (TPSA) is 20.2 Å². The standard InChI is InChI=1S/C14H18O/c1-4-5-9-14(15)13-8-6-7-12(10-13)11(2)3/h4,6-8,10,14-15H,1-2,5,9H2,3H3. The fraction of sp³-hybridized carbons (Fsp3) is 0.286. The summed E-state index contributed by atoms with van der Waals surface area (Å²) in [6, 6.07) is 7.90. The van der Waals surface area contributed by atoms with Crippen LogP contribution in [0.15, 0.2) is 43.5 Å². The van der Waals surface area contributed by atoms with E-state index in [0.29, 0.717) is 0 Å². The van der Waals surface area contributed by atoms with Gasteiger partial charge in [0.2, 0.25) is 0 Å². The predicted octanol–water partition coefficient (Wildman–Crippen LogP) is 3.72. The molecule has 1 heteroatoms. The fourth-order valence-corrected chi connectivity index (χ4v) is 1.45. The van der Waals surface area contributed by atoms with E-state index in [4.69, 9.17) is 0 Å². The number of benzene rings is 1. The molecule has 0 aromatic heterocycles. The zero-order chi connectivity index (χ0) is 11.3. The van der Waals surface area contributed by atoms with Crippen LogP contribution in [0.5, 0.6) is 0 Å². The van der Waals surface area contributed by atoms with Crippen LogP contribution in [0.4, 0.5) is 0 Å². The van der Waals surface area contributed by atoms with Crippen molar-refractivity contribution < 1.29 is 5.11 Å². The van der Waals surface area contributed by atoms with Crippen LogP contribution in [-0.2, 0) is 0 Å². The first-order valence-corrected chi connectivity index (χ1v) is 5.20. The van der Waals surface area contributed by atoms with Crippen molar-refractivity contribution in [2.75, 3.05) is 0 Å². The van der Waals surface area contributed by atoms with Gasteiger partial charge in [0.05, 0.1) is 6.10 Å². The highest BCUT2D eigenvalue weighted by atomic mass is 16.3. The average molecular weight is 202 g/mol. The molecular formula is C14H18O. The van der Waals surface area contributed by atoms with E-state index >= 15 is 0 Å². The summed E-state index contributed by atoms with van der Waals surface area (Å²) < 4.78 is 0. The Morgan fingerprint density at radius 3 is 2.87 bits per heavy atom. The van der Waals surface area contributed by atoms with Crippen LogP contribution in [-0.4, -0.2) is 5.11 Å². The molecule has 1 rings (SSSR count). The Morgan fingerprint density at radius 2 is 2.27 bits per heavy atom. The maximum Gasteiger partial charge on any atom is 0.0793 e. The molecule has 15 heavy (non-hydrogen) atoms. The molecule has 0 aliphatic carbocycles. The molecule has 0 spiro atoms. The highest BCUT2D eigenvalue weighted by Crippen LogP contribution is 2.21. The minimum atomic E-state index is -0.401. The maximum absolute atomic E-state index is 9.88. The summed E-state index contributed by atoms with van der Waals surface area (Å²) in [7, 11) is 0. The van der Waals surface area contributed by atoms with Gasteiger partial charge in [0.15, 0.2) is 0 Å². The van der Waals surface area contributed by atoms with Gasteiger partial charge >= 0.3 is 0 Å². The van der Waals surface area contributed by atoms with Crippen LogP contribution in [0.3, 0.4) is 0 Å². The molecule has 80 valence electrons. The van der Waals surface area contributed by atoms with Crippen molar-refractivity contribution in [1.29, 1.82) is 0 Å². The third-order valence-electron chi connectivity index (χ3n) is 2.41. The van der Waals surface area contributed by atoms with Crippen molar-refractivity contribution in [3.8, 4) is 0 Å². The first-order chi connectivity index (χ1) is 7.15. The van der Waals surface area contributed by atoms with E-state index in [1.807, 2.05) is 37.3 Å². The molecule has 1 N–H and O–H groups in total. The van der Waals surface area contributed by atoms with Gasteiger partial charge in [0.25, 0.3) is 0 Å². The minimum Gasteiger partial charge on any atom is -0.388 e. The van der Waals surface area contributed by atoms with Crippen molar-refractivity contribution in [2.24, 2.45) is 0 Å². The molecular weight excluding hydrogens is 184 g/mol. The number of rotatable bonds is 5. The molecule has 1 nitrogen and oxygen atoms in total. The normalized spacial score (nSPS) is 12.1. The Hall–Kier alpha value is -1.34. The first kappa shape index (κ1) is 11.7. The Kier molecular flexibility index (Phi) is 4.32. The third kappa shape index (κ3) is 3.37. The molecule has 1 aromatic rings. The van der Waals surface area contributed by atoms with E-state index in [2.05, 4.69) is 13.2 Å². The number of allylic oxidation sites excluding steroid dienone is 2. The Balaban J connectivity index is 2.80. The van der Waals surface area contributed by atoms with Gasteiger partial charge in [0.1, 0.15) is 0 Å². The van der Waals surface area contributed by atoms with Crippen molar-refractivity contribution in [2.45, 2.75) is 25.9 Å². The van der Waals surface area contributed by atoms with E-state index in [1.165, 1.54) is 0 Å². The second-order valence-electron chi connectivity index (χ2n) is 3.79. The van der Waals surface area contributed by atoms with E-state index in [9.17, 15) is 5.11 Å². The van der Waals surface area contributed by atoms with Gasteiger partial charge in [-0.1, -0.05) is 36.4 Å². The van der Waals surface area contributed by atoms with Gasteiger partial charge < -0.3 is 5.11 Å². The Bertz CT molecular complexity index is 352. The predicted molar refractivity (Wildman–Crippen MR) is 65.5 cm³/mol. The fourth-order valence-electron chi connectivity index (χ4n) is 1.45.